The van der Waals surface area contributed by atoms with Gasteiger partial charge in [-0.05, 0) is 20.3 Å². The van der Waals surface area contributed by atoms with Gasteiger partial charge < -0.3 is 15.6 Å². The molecule has 0 spiro atoms. The largest absolute Gasteiger partial charge is 0.394 e. The molecule has 0 amide bonds. The van der Waals surface area contributed by atoms with Crippen LogP contribution in [0.25, 0.3) is 0 Å². The predicted octanol–water partition coefficient (Wildman–Crippen LogP) is 0.756. The second-order valence-electron chi connectivity index (χ2n) is 3.55. The average Bonchev–Trinajstić information content (AvgIpc) is 2.00. The van der Waals surface area contributed by atoms with Crippen LogP contribution in [-0.2, 0) is 4.74 Å². The highest BCUT2D eigenvalue weighted by Gasteiger charge is 2.21. The molecule has 2 atom stereocenters. The van der Waals surface area contributed by atoms with E-state index >= 15 is 0 Å². The first-order chi connectivity index (χ1) is 5.87. The molecule has 0 aliphatic heterocycles. The molecule has 0 rings (SSSR count). The molecule has 0 heterocycles. The number of nitrogens with two attached hydrogens (primary N) is 1. The summed E-state index contributed by atoms with van der Waals surface area (Å²) in [6.07, 6.45) is -2.47. The number of halogens is 2. The smallest absolute Gasteiger partial charge is 0.261 e. The molecule has 5 heteroatoms. The molecule has 0 bridgehead atoms. The summed E-state index contributed by atoms with van der Waals surface area (Å²) in [5.41, 5.74) is 4.84. The van der Waals surface area contributed by atoms with Crippen molar-refractivity contribution < 1.29 is 18.6 Å². The molecule has 0 aromatic rings. The van der Waals surface area contributed by atoms with E-state index < -0.39 is 18.6 Å². The number of ether oxygens (including phenoxy) is 1. The monoisotopic (exact) mass is 197 g/mol. The van der Waals surface area contributed by atoms with E-state index in [2.05, 4.69) is 0 Å². The van der Waals surface area contributed by atoms with Crippen LogP contribution in [0.4, 0.5) is 8.78 Å². The number of alkyl halides is 2. The van der Waals surface area contributed by atoms with Crippen molar-refractivity contribution in [2.45, 2.75) is 38.3 Å². The van der Waals surface area contributed by atoms with E-state index in [-0.39, 0.29) is 12.7 Å². The van der Waals surface area contributed by atoms with Gasteiger partial charge >= 0.3 is 0 Å². The first kappa shape index (κ1) is 12.7. The Bertz CT molecular complexity index is 142. The van der Waals surface area contributed by atoms with Crippen LogP contribution in [0.3, 0.4) is 0 Å². The van der Waals surface area contributed by atoms with Crippen LogP contribution in [0.2, 0.25) is 0 Å². The fraction of sp³-hybridized carbons (Fsp3) is 1.00. The fourth-order valence-electron chi connectivity index (χ4n) is 1.02. The molecule has 0 saturated carbocycles. The zero-order valence-corrected chi connectivity index (χ0v) is 7.96. The highest BCUT2D eigenvalue weighted by atomic mass is 19.3. The Balaban J connectivity index is 3.67. The second-order valence-corrected chi connectivity index (χ2v) is 3.55. The Morgan fingerprint density at radius 2 is 2.08 bits per heavy atom. The van der Waals surface area contributed by atoms with E-state index in [4.69, 9.17) is 15.6 Å². The minimum Gasteiger partial charge on any atom is -0.394 e. The predicted molar refractivity (Wildman–Crippen MR) is 45.7 cm³/mol. The van der Waals surface area contributed by atoms with E-state index in [1.54, 1.807) is 13.8 Å². The van der Waals surface area contributed by atoms with Crippen molar-refractivity contribution in [2.24, 2.45) is 5.73 Å². The lowest BCUT2D eigenvalue weighted by molar-refractivity contribution is -0.0292. The normalized spacial score (nSPS) is 18.7. The molecule has 0 aromatic heterocycles. The van der Waals surface area contributed by atoms with Gasteiger partial charge in [-0.3, -0.25) is 0 Å². The summed E-state index contributed by atoms with van der Waals surface area (Å²) in [4.78, 5) is 0. The van der Waals surface area contributed by atoms with Crippen LogP contribution in [0.5, 0.6) is 0 Å². The molecular formula is C8H17F2NO2. The van der Waals surface area contributed by atoms with Crippen LogP contribution in [0.15, 0.2) is 0 Å². The summed E-state index contributed by atoms with van der Waals surface area (Å²) in [6, 6.07) is 0. The van der Waals surface area contributed by atoms with Gasteiger partial charge in [-0.25, -0.2) is 8.78 Å². The Labute approximate surface area is 76.9 Å². The van der Waals surface area contributed by atoms with Crippen molar-refractivity contribution >= 4 is 0 Å². The van der Waals surface area contributed by atoms with Gasteiger partial charge in [-0.2, -0.15) is 0 Å². The van der Waals surface area contributed by atoms with Gasteiger partial charge in [0, 0.05) is 5.54 Å². The number of hydrogen-bond acceptors (Lipinski definition) is 3. The van der Waals surface area contributed by atoms with Crippen LogP contribution in [0, 0.1) is 0 Å². The molecular weight excluding hydrogens is 180 g/mol. The van der Waals surface area contributed by atoms with Crippen LogP contribution >= 0.6 is 0 Å². The number of rotatable bonds is 6. The number of hydrogen-bond donors (Lipinski definition) is 2. The quantitative estimate of drug-likeness (QED) is 0.660. The summed E-state index contributed by atoms with van der Waals surface area (Å²) in [7, 11) is 0. The summed E-state index contributed by atoms with van der Waals surface area (Å²) >= 11 is 0. The third kappa shape index (κ3) is 6.86. The van der Waals surface area contributed by atoms with E-state index in [9.17, 15) is 8.78 Å². The average molecular weight is 197 g/mol. The van der Waals surface area contributed by atoms with Crippen molar-refractivity contribution in [3.63, 3.8) is 0 Å². The summed E-state index contributed by atoms with van der Waals surface area (Å²) in [6.45, 7) is 2.54. The summed E-state index contributed by atoms with van der Waals surface area (Å²) in [5, 5.41) is 8.79. The Morgan fingerprint density at radius 1 is 1.54 bits per heavy atom. The van der Waals surface area contributed by atoms with Crippen LogP contribution in [0.1, 0.15) is 20.3 Å². The molecule has 2 unspecified atom stereocenters. The summed E-state index contributed by atoms with van der Waals surface area (Å²) in [5.74, 6) is 0. The van der Waals surface area contributed by atoms with Crippen LogP contribution < -0.4 is 5.73 Å². The van der Waals surface area contributed by atoms with Gasteiger partial charge in [0.2, 0.25) is 0 Å². The lowest BCUT2D eigenvalue weighted by atomic mass is 9.97. The van der Waals surface area contributed by atoms with Crippen molar-refractivity contribution in [3.05, 3.63) is 0 Å². The number of aliphatic hydroxyl groups is 1. The molecule has 0 radical (unpaired) electrons. The van der Waals surface area contributed by atoms with Gasteiger partial charge in [0.15, 0.2) is 0 Å². The lowest BCUT2D eigenvalue weighted by Crippen LogP contribution is -2.43. The molecule has 0 aliphatic rings. The van der Waals surface area contributed by atoms with Crippen molar-refractivity contribution in [2.75, 3.05) is 13.2 Å². The minimum atomic E-state index is -2.46. The Kier molecular flexibility index (Phi) is 5.36. The Hall–Kier alpha value is -0.260. The van der Waals surface area contributed by atoms with Gasteiger partial charge in [0.1, 0.15) is 6.61 Å². The SMILES string of the molecule is CC(CC(C)(N)CO)OCC(F)F. The molecule has 3 N–H and O–H groups in total. The first-order valence-corrected chi connectivity index (χ1v) is 4.17. The van der Waals surface area contributed by atoms with Crippen molar-refractivity contribution in [1.82, 2.24) is 0 Å². The zero-order valence-electron chi connectivity index (χ0n) is 7.96. The molecule has 80 valence electrons. The minimum absolute atomic E-state index is 0.185. The molecule has 0 aliphatic carbocycles. The molecule has 3 nitrogen and oxygen atoms in total. The second kappa shape index (κ2) is 5.47. The summed E-state index contributed by atoms with van der Waals surface area (Å²) < 4.78 is 28.2. The maximum Gasteiger partial charge on any atom is 0.261 e. The highest BCUT2D eigenvalue weighted by Crippen LogP contribution is 2.11. The number of aliphatic hydroxyl groups excluding tert-OH is 1. The van der Waals surface area contributed by atoms with Gasteiger partial charge in [-0.1, -0.05) is 0 Å². The van der Waals surface area contributed by atoms with Gasteiger partial charge in [0.25, 0.3) is 6.43 Å². The molecule has 0 aromatic carbocycles. The first-order valence-electron chi connectivity index (χ1n) is 4.17. The van der Waals surface area contributed by atoms with E-state index in [1.165, 1.54) is 0 Å². The van der Waals surface area contributed by atoms with Gasteiger partial charge in [-0.15, -0.1) is 0 Å². The molecule has 0 saturated heterocycles. The van der Waals surface area contributed by atoms with Crippen LogP contribution in [-0.4, -0.2) is 36.4 Å². The maximum absolute atomic E-state index is 11.7. The third-order valence-corrected chi connectivity index (χ3v) is 1.62. The molecule has 0 fully saturated rings. The standard InChI is InChI=1S/C8H17F2NO2/c1-6(13-4-7(9)10)3-8(2,11)5-12/h6-7,12H,3-5,11H2,1-2H3. The molecule has 13 heavy (non-hydrogen) atoms. The van der Waals surface area contributed by atoms with E-state index in [0.29, 0.717) is 6.42 Å². The van der Waals surface area contributed by atoms with E-state index in [1.807, 2.05) is 0 Å². The van der Waals surface area contributed by atoms with Crippen molar-refractivity contribution in [3.8, 4) is 0 Å². The highest BCUT2D eigenvalue weighted by molar-refractivity contribution is 4.79. The third-order valence-electron chi connectivity index (χ3n) is 1.62. The lowest BCUT2D eigenvalue weighted by Gasteiger charge is -2.25. The topological polar surface area (TPSA) is 55.5 Å². The Morgan fingerprint density at radius 3 is 2.46 bits per heavy atom. The van der Waals surface area contributed by atoms with E-state index in [0.717, 1.165) is 0 Å². The van der Waals surface area contributed by atoms with Gasteiger partial charge in [0.05, 0.1) is 12.7 Å². The fourth-order valence-corrected chi connectivity index (χ4v) is 1.02. The zero-order chi connectivity index (χ0) is 10.5. The van der Waals surface area contributed by atoms with Crippen molar-refractivity contribution in [1.29, 1.82) is 0 Å². The maximum atomic E-state index is 11.7.